The molecule has 3 aromatic carbocycles. The molecule has 186 valence electrons. The summed E-state index contributed by atoms with van der Waals surface area (Å²) < 4.78 is 11.2. The normalized spacial score (nSPS) is 19.2. The third kappa shape index (κ3) is 5.90. The van der Waals surface area contributed by atoms with Crippen molar-refractivity contribution in [2.75, 3.05) is 32.1 Å². The van der Waals surface area contributed by atoms with Crippen molar-refractivity contribution >= 4 is 17.4 Å². The van der Waals surface area contributed by atoms with E-state index < -0.39 is 0 Å². The fourth-order valence-electron chi connectivity index (χ4n) is 5.10. The van der Waals surface area contributed by atoms with Crippen molar-refractivity contribution in [3.05, 3.63) is 89.5 Å². The molecule has 3 aromatic rings. The number of Topliss-reactive ketones (excluding diaryl/α,β-unsaturated/α-hetero) is 1. The van der Waals surface area contributed by atoms with Gasteiger partial charge < -0.3 is 14.8 Å². The number of carbonyl (C=O) groups excluding carboxylic acids is 2. The summed E-state index contributed by atoms with van der Waals surface area (Å²) >= 11 is 0. The third-order valence-electron chi connectivity index (χ3n) is 6.92. The Morgan fingerprint density at radius 1 is 0.944 bits per heavy atom. The van der Waals surface area contributed by atoms with Gasteiger partial charge in [-0.25, -0.2) is 0 Å². The Bertz CT molecular complexity index is 1200. The zero-order chi connectivity index (χ0) is 24.9. The van der Waals surface area contributed by atoms with E-state index in [1.54, 1.807) is 13.2 Å². The number of anilines is 1. The number of morpholine rings is 1. The molecule has 2 atom stereocenters. The van der Waals surface area contributed by atoms with Crippen molar-refractivity contribution in [1.82, 2.24) is 4.90 Å². The lowest BCUT2D eigenvalue weighted by atomic mass is 9.98. The lowest BCUT2D eigenvalue weighted by Crippen LogP contribution is -2.45. The molecule has 6 nitrogen and oxygen atoms in total. The summed E-state index contributed by atoms with van der Waals surface area (Å²) in [4.78, 5) is 28.1. The van der Waals surface area contributed by atoms with Crippen LogP contribution in [0.5, 0.6) is 0 Å². The van der Waals surface area contributed by atoms with Gasteiger partial charge in [-0.15, -0.1) is 0 Å². The van der Waals surface area contributed by atoms with Crippen LogP contribution in [-0.2, 0) is 27.3 Å². The van der Waals surface area contributed by atoms with Crippen molar-refractivity contribution < 1.29 is 19.1 Å². The van der Waals surface area contributed by atoms with Crippen LogP contribution >= 0.6 is 0 Å². The van der Waals surface area contributed by atoms with E-state index in [2.05, 4.69) is 22.3 Å². The molecule has 0 spiro atoms. The average molecular weight is 485 g/mol. The molecular weight excluding hydrogens is 452 g/mol. The van der Waals surface area contributed by atoms with Gasteiger partial charge in [0.2, 0.25) is 5.91 Å². The largest absolute Gasteiger partial charge is 0.380 e. The molecule has 2 aliphatic heterocycles. The van der Waals surface area contributed by atoms with E-state index in [4.69, 9.17) is 9.47 Å². The van der Waals surface area contributed by atoms with Crippen LogP contribution in [0.25, 0.3) is 11.1 Å². The van der Waals surface area contributed by atoms with Crippen LogP contribution in [-0.4, -0.2) is 55.5 Å². The number of carbonyl (C=O) groups is 2. The van der Waals surface area contributed by atoms with Crippen molar-refractivity contribution in [1.29, 1.82) is 0 Å². The highest BCUT2D eigenvalue weighted by Crippen LogP contribution is 2.26. The molecule has 2 heterocycles. The number of amides is 1. The SMILES string of the molecule is COCc1ccc(C(=O)Cc2ccc(-c3ccccc3)cc2)cc1NC(=O)CN1CC2CCC(C1)O2. The second-order valence-electron chi connectivity index (χ2n) is 9.67. The molecule has 2 bridgehead atoms. The summed E-state index contributed by atoms with van der Waals surface area (Å²) in [6.07, 6.45) is 2.91. The highest BCUT2D eigenvalue weighted by atomic mass is 16.5. The van der Waals surface area contributed by atoms with Gasteiger partial charge >= 0.3 is 0 Å². The molecule has 2 fully saturated rings. The second-order valence-corrected chi connectivity index (χ2v) is 9.67. The van der Waals surface area contributed by atoms with E-state index in [1.807, 2.05) is 54.6 Å². The minimum Gasteiger partial charge on any atom is -0.380 e. The van der Waals surface area contributed by atoms with E-state index >= 15 is 0 Å². The number of nitrogens with zero attached hydrogens (tertiary/aromatic N) is 1. The molecule has 2 unspecified atom stereocenters. The number of hydrogen-bond acceptors (Lipinski definition) is 5. The van der Waals surface area contributed by atoms with Gasteiger partial charge in [0.1, 0.15) is 0 Å². The Hall–Kier alpha value is -3.32. The van der Waals surface area contributed by atoms with Gasteiger partial charge in [-0.1, -0.05) is 66.7 Å². The summed E-state index contributed by atoms with van der Waals surface area (Å²) in [6, 6.07) is 23.7. The van der Waals surface area contributed by atoms with Crippen molar-refractivity contribution in [2.45, 2.75) is 38.1 Å². The molecule has 0 aromatic heterocycles. The molecular formula is C30H32N2O4. The molecule has 2 aliphatic rings. The van der Waals surface area contributed by atoms with Crippen LogP contribution in [0.2, 0.25) is 0 Å². The first-order valence-corrected chi connectivity index (χ1v) is 12.5. The van der Waals surface area contributed by atoms with Gasteiger partial charge in [0.25, 0.3) is 0 Å². The predicted octanol–water partition coefficient (Wildman–Crippen LogP) is 4.73. The van der Waals surface area contributed by atoms with Gasteiger partial charge in [0.15, 0.2) is 5.78 Å². The van der Waals surface area contributed by atoms with Gasteiger partial charge in [-0.2, -0.15) is 0 Å². The average Bonchev–Trinajstić information content (AvgIpc) is 3.23. The number of benzene rings is 3. The van der Waals surface area contributed by atoms with E-state index in [1.165, 1.54) is 0 Å². The second kappa shape index (κ2) is 11.2. The fourth-order valence-corrected chi connectivity index (χ4v) is 5.10. The number of fused-ring (bicyclic) bond motifs is 2. The standard InChI is InChI=1S/C30H32N2O4/c1-35-20-25-12-11-24(16-28(25)31-30(34)19-32-17-26-13-14-27(18-32)36-26)29(33)15-21-7-9-23(10-8-21)22-5-3-2-4-6-22/h2-12,16,26-27H,13-15,17-20H2,1H3,(H,31,34). The number of ether oxygens (including phenoxy) is 2. The first-order valence-electron chi connectivity index (χ1n) is 12.5. The van der Waals surface area contributed by atoms with Crippen molar-refractivity contribution in [3.8, 4) is 11.1 Å². The van der Waals surface area contributed by atoms with E-state index in [0.717, 1.165) is 48.2 Å². The van der Waals surface area contributed by atoms with Crippen LogP contribution in [0.3, 0.4) is 0 Å². The monoisotopic (exact) mass is 484 g/mol. The zero-order valence-electron chi connectivity index (χ0n) is 20.6. The van der Waals surface area contributed by atoms with E-state index in [9.17, 15) is 9.59 Å². The zero-order valence-corrected chi connectivity index (χ0v) is 20.6. The number of nitrogens with one attached hydrogen (secondary N) is 1. The first-order chi connectivity index (χ1) is 17.6. The molecule has 1 amide bonds. The Labute approximate surface area is 212 Å². The molecule has 0 aliphatic carbocycles. The smallest absolute Gasteiger partial charge is 0.238 e. The quantitative estimate of drug-likeness (QED) is 0.445. The Morgan fingerprint density at radius 3 is 2.33 bits per heavy atom. The summed E-state index contributed by atoms with van der Waals surface area (Å²) in [5, 5.41) is 3.02. The molecule has 6 heteroatoms. The van der Waals surface area contributed by atoms with Crippen LogP contribution in [0, 0.1) is 0 Å². The maximum absolute atomic E-state index is 13.1. The molecule has 2 saturated heterocycles. The molecule has 5 rings (SSSR count). The number of methoxy groups -OCH3 is 1. The third-order valence-corrected chi connectivity index (χ3v) is 6.92. The first kappa shape index (κ1) is 24.4. The van der Waals surface area contributed by atoms with Gasteiger partial charge in [0, 0.05) is 43.4 Å². The summed E-state index contributed by atoms with van der Waals surface area (Å²) in [5.74, 6) is -0.0820. The number of hydrogen-bond donors (Lipinski definition) is 1. The van der Waals surface area contributed by atoms with Crippen LogP contribution in [0.4, 0.5) is 5.69 Å². The highest BCUT2D eigenvalue weighted by Gasteiger charge is 2.34. The minimum atomic E-state index is -0.0882. The predicted molar refractivity (Wildman–Crippen MR) is 140 cm³/mol. The topological polar surface area (TPSA) is 67.9 Å². The maximum atomic E-state index is 13.1. The molecule has 0 saturated carbocycles. The number of likely N-dealkylation sites (tertiary alicyclic amines) is 1. The summed E-state index contributed by atoms with van der Waals surface area (Å²) in [7, 11) is 1.62. The molecule has 36 heavy (non-hydrogen) atoms. The van der Waals surface area contributed by atoms with Gasteiger partial charge in [-0.3, -0.25) is 14.5 Å². The summed E-state index contributed by atoms with van der Waals surface area (Å²) in [6.45, 7) is 2.24. The van der Waals surface area contributed by atoms with Crippen LogP contribution < -0.4 is 5.32 Å². The maximum Gasteiger partial charge on any atom is 0.238 e. The lowest BCUT2D eigenvalue weighted by Gasteiger charge is -2.31. The van der Waals surface area contributed by atoms with Gasteiger partial charge in [0.05, 0.1) is 25.4 Å². The Morgan fingerprint density at radius 2 is 1.64 bits per heavy atom. The van der Waals surface area contributed by atoms with Crippen molar-refractivity contribution in [2.24, 2.45) is 0 Å². The minimum absolute atomic E-state index is 0.00619. The Balaban J connectivity index is 1.25. The van der Waals surface area contributed by atoms with E-state index in [-0.39, 0.29) is 23.9 Å². The van der Waals surface area contributed by atoms with Crippen LogP contribution in [0.15, 0.2) is 72.8 Å². The lowest BCUT2D eigenvalue weighted by molar-refractivity contribution is -0.119. The van der Waals surface area contributed by atoms with Gasteiger partial charge in [-0.05, 0) is 35.6 Å². The van der Waals surface area contributed by atoms with Crippen molar-refractivity contribution in [3.63, 3.8) is 0 Å². The summed E-state index contributed by atoms with van der Waals surface area (Å²) in [5.41, 5.74) is 5.26. The van der Waals surface area contributed by atoms with E-state index in [0.29, 0.717) is 30.8 Å². The number of rotatable bonds is 9. The number of ketones is 1. The fraction of sp³-hybridized carbons (Fsp3) is 0.333. The van der Waals surface area contributed by atoms with Crippen LogP contribution in [0.1, 0.15) is 34.3 Å². The highest BCUT2D eigenvalue weighted by molar-refractivity contribution is 6.00. The Kier molecular flexibility index (Phi) is 7.56. The molecule has 1 N–H and O–H groups in total. The molecule has 0 radical (unpaired) electrons.